The molecular weight excluding hydrogens is 324 g/mol. The minimum atomic E-state index is -0.0439. The van der Waals surface area contributed by atoms with Crippen molar-refractivity contribution in [3.05, 3.63) is 66.0 Å². The molecule has 1 aliphatic heterocycles. The van der Waals surface area contributed by atoms with E-state index < -0.39 is 0 Å². The van der Waals surface area contributed by atoms with Gasteiger partial charge in [0.2, 0.25) is 5.91 Å². The Morgan fingerprint density at radius 3 is 2.31 bits per heavy atom. The molecule has 26 heavy (non-hydrogen) atoms. The molecule has 4 heteroatoms. The molecule has 0 unspecified atom stereocenters. The number of amides is 1. The number of rotatable bonds is 7. The highest BCUT2D eigenvalue weighted by molar-refractivity contribution is 5.76. The number of hydrogen-bond donors (Lipinski definition) is 1. The van der Waals surface area contributed by atoms with E-state index >= 15 is 0 Å². The monoisotopic (exact) mass is 352 g/mol. The minimum absolute atomic E-state index is 0.0439. The van der Waals surface area contributed by atoms with Gasteiger partial charge in [-0.05, 0) is 60.8 Å². The standard InChI is InChI=1S/C22H28N2O2/c25-18-22(11-8-19-4-2-1-3-5-19)12-16-24(17-13-22)21(26)7-6-20-9-14-23-15-10-20/h1-5,9-10,14-15,25H,6-8,11-13,16-18H2. The fraction of sp³-hybridized carbons (Fsp3) is 0.455. The summed E-state index contributed by atoms with van der Waals surface area (Å²) in [5, 5.41) is 9.99. The van der Waals surface area contributed by atoms with Crippen LogP contribution in [0.1, 0.15) is 36.8 Å². The molecule has 0 saturated carbocycles. The van der Waals surface area contributed by atoms with Gasteiger partial charge >= 0.3 is 0 Å². The molecule has 1 amide bonds. The number of piperidine rings is 1. The van der Waals surface area contributed by atoms with E-state index in [1.54, 1.807) is 12.4 Å². The van der Waals surface area contributed by atoms with Crippen LogP contribution in [-0.4, -0.2) is 40.6 Å². The van der Waals surface area contributed by atoms with Gasteiger partial charge in [-0.3, -0.25) is 9.78 Å². The predicted molar refractivity (Wildman–Crippen MR) is 103 cm³/mol. The number of aliphatic hydroxyl groups is 1. The first-order valence-corrected chi connectivity index (χ1v) is 9.52. The van der Waals surface area contributed by atoms with Crippen molar-refractivity contribution in [1.82, 2.24) is 9.88 Å². The lowest BCUT2D eigenvalue weighted by Crippen LogP contribution is -2.45. The molecular formula is C22H28N2O2. The molecule has 2 aromatic rings. The second-order valence-electron chi connectivity index (χ2n) is 7.38. The number of aromatic nitrogens is 1. The highest BCUT2D eigenvalue weighted by atomic mass is 16.3. The Hall–Kier alpha value is -2.20. The first-order valence-electron chi connectivity index (χ1n) is 9.52. The van der Waals surface area contributed by atoms with E-state index in [4.69, 9.17) is 0 Å². The van der Waals surface area contributed by atoms with E-state index in [1.165, 1.54) is 5.56 Å². The molecule has 4 nitrogen and oxygen atoms in total. The van der Waals surface area contributed by atoms with Crippen molar-refractivity contribution in [1.29, 1.82) is 0 Å². The van der Waals surface area contributed by atoms with Crippen LogP contribution in [0, 0.1) is 5.41 Å². The quantitative estimate of drug-likeness (QED) is 0.832. The number of aryl methyl sites for hydroxylation is 2. The molecule has 0 bridgehead atoms. The SMILES string of the molecule is O=C(CCc1ccncc1)N1CCC(CO)(CCc2ccccc2)CC1. The molecule has 138 valence electrons. The zero-order valence-corrected chi connectivity index (χ0v) is 15.3. The summed E-state index contributed by atoms with van der Waals surface area (Å²) in [6, 6.07) is 14.4. The van der Waals surface area contributed by atoms with Gasteiger partial charge in [0.1, 0.15) is 0 Å². The van der Waals surface area contributed by atoms with Crippen molar-refractivity contribution in [2.24, 2.45) is 5.41 Å². The first kappa shape index (κ1) is 18.6. The Morgan fingerprint density at radius 2 is 1.65 bits per heavy atom. The number of benzene rings is 1. The Balaban J connectivity index is 1.47. The molecule has 0 radical (unpaired) electrons. The summed E-state index contributed by atoms with van der Waals surface area (Å²) in [5.74, 6) is 0.219. The van der Waals surface area contributed by atoms with Crippen LogP contribution >= 0.6 is 0 Å². The molecule has 1 saturated heterocycles. The van der Waals surface area contributed by atoms with Gasteiger partial charge in [-0.1, -0.05) is 30.3 Å². The van der Waals surface area contributed by atoms with Crippen LogP contribution in [0.4, 0.5) is 0 Å². The maximum atomic E-state index is 12.5. The summed E-state index contributed by atoms with van der Waals surface area (Å²) < 4.78 is 0. The number of carbonyl (C=O) groups is 1. The normalized spacial score (nSPS) is 16.4. The summed E-state index contributed by atoms with van der Waals surface area (Å²) >= 11 is 0. The van der Waals surface area contributed by atoms with Crippen LogP contribution in [0.25, 0.3) is 0 Å². The number of pyridine rings is 1. The third-order valence-corrected chi connectivity index (χ3v) is 5.68. The van der Waals surface area contributed by atoms with Gasteiger partial charge in [0.15, 0.2) is 0 Å². The number of likely N-dealkylation sites (tertiary alicyclic amines) is 1. The number of aliphatic hydroxyl groups excluding tert-OH is 1. The van der Waals surface area contributed by atoms with Crippen molar-refractivity contribution in [2.75, 3.05) is 19.7 Å². The average Bonchev–Trinajstić information content (AvgIpc) is 2.72. The van der Waals surface area contributed by atoms with E-state index in [0.29, 0.717) is 6.42 Å². The molecule has 0 spiro atoms. The molecule has 1 aliphatic rings. The van der Waals surface area contributed by atoms with Crippen LogP contribution in [0.2, 0.25) is 0 Å². The number of nitrogens with zero attached hydrogens (tertiary/aromatic N) is 2. The lowest BCUT2D eigenvalue weighted by Gasteiger charge is -2.41. The van der Waals surface area contributed by atoms with Crippen LogP contribution in [-0.2, 0) is 17.6 Å². The topological polar surface area (TPSA) is 53.4 Å². The molecule has 1 N–H and O–H groups in total. The predicted octanol–water partition coefficient (Wildman–Crippen LogP) is 3.25. The molecule has 1 fully saturated rings. The van der Waals surface area contributed by atoms with Crippen molar-refractivity contribution in [3.63, 3.8) is 0 Å². The van der Waals surface area contributed by atoms with Crippen molar-refractivity contribution >= 4 is 5.91 Å². The summed E-state index contributed by atoms with van der Waals surface area (Å²) in [6.45, 7) is 1.72. The van der Waals surface area contributed by atoms with Crippen LogP contribution in [0.15, 0.2) is 54.9 Å². The second-order valence-corrected chi connectivity index (χ2v) is 7.38. The maximum absolute atomic E-state index is 12.5. The first-order chi connectivity index (χ1) is 12.7. The van der Waals surface area contributed by atoms with Crippen molar-refractivity contribution < 1.29 is 9.90 Å². The van der Waals surface area contributed by atoms with Gasteiger partial charge in [-0.2, -0.15) is 0 Å². The zero-order valence-electron chi connectivity index (χ0n) is 15.3. The average molecular weight is 352 g/mol. The summed E-state index contributed by atoms with van der Waals surface area (Å²) in [5.41, 5.74) is 2.42. The van der Waals surface area contributed by atoms with Crippen LogP contribution < -0.4 is 0 Å². The van der Waals surface area contributed by atoms with E-state index in [0.717, 1.165) is 50.8 Å². The largest absolute Gasteiger partial charge is 0.396 e. The summed E-state index contributed by atoms with van der Waals surface area (Å²) in [4.78, 5) is 18.5. The van der Waals surface area contributed by atoms with Gasteiger partial charge in [-0.15, -0.1) is 0 Å². The van der Waals surface area contributed by atoms with Gasteiger partial charge < -0.3 is 10.0 Å². The van der Waals surface area contributed by atoms with Crippen LogP contribution in [0.5, 0.6) is 0 Å². The molecule has 3 rings (SSSR count). The van der Waals surface area contributed by atoms with E-state index in [-0.39, 0.29) is 17.9 Å². The number of hydrogen-bond acceptors (Lipinski definition) is 3. The van der Waals surface area contributed by atoms with E-state index in [1.807, 2.05) is 23.1 Å². The van der Waals surface area contributed by atoms with E-state index in [9.17, 15) is 9.90 Å². The van der Waals surface area contributed by atoms with Gasteiger partial charge in [0.25, 0.3) is 0 Å². The Bertz CT molecular complexity index is 680. The van der Waals surface area contributed by atoms with Crippen LogP contribution in [0.3, 0.4) is 0 Å². The van der Waals surface area contributed by atoms with Crippen molar-refractivity contribution in [3.8, 4) is 0 Å². The van der Waals surface area contributed by atoms with E-state index in [2.05, 4.69) is 29.2 Å². The Kier molecular flexibility index (Phi) is 6.40. The van der Waals surface area contributed by atoms with Gasteiger partial charge in [-0.25, -0.2) is 0 Å². The van der Waals surface area contributed by atoms with Gasteiger partial charge in [0, 0.05) is 38.5 Å². The lowest BCUT2D eigenvalue weighted by atomic mass is 9.75. The fourth-order valence-corrected chi connectivity index (χ4v) is 3.73. The Labute approximate surface area is 155 Å². The highest BCUT2D eigenvalue weighted by Crippen LogP contribution is 2.36. The van der Waals surface area contributed by atoms with Crippen molar-refractivity contribution in [2.45, 2.75) is 38.5 Å². The maximum Gasteiger partial charge on any atom is 0.222 e. The lowest BCUT2D eigenvalue weighted by molar-refractivity contribution is -0.134. The highest BCUT2D eigenvalue weighted by Gasteiger charge is 2.34. The van der Waals surface area contributed by atoms with Gasteiger partial charge in [0.05, 0.1) is 0 Å². The minimum Gasteiger partial charge on any atom is -0.396 e. The molecule has 0 atom stereocenters. The molecule has 0 aliphatic carbocycles. The third kappa shape index (κ3) is 4.92. The fourth-order valence-electron chi connectivity index (χ4n) is 3.73. The third-order valence-electron chi connectivity index (χ3n) is 5.68. The zero-order chi connectivity index (χ0) is 18.2. The molecule has 1 aromatic carbocycles. The molecule has 1 aromatic heterocycles. The molecule has 2 heterocycles. The Morgan fingerprint density at radius 1 is 1.00 bits per heavy atom. The second kappa shape index (κ2) is 8.95. The summed E-state index contributed by atoms with van der Waals surface area (Å²) in [6.07, 6.45) is 8.57. The smallest absolute Gasteiger partial charge is 0.222 e. The number of carbonyl (C=O) groups excluding carboxylic acids is 1. The summed E-state index contributed by atoms with van der Waals surface area (Å²) in [7, 11) is 0.